The Kier molecular flexibility index (Phi) is 6.29. The molecule has 7 nitrogen and oxygen atoms in total. The van der Waals surface area contributed by atoms with Gasteiger partial charge >= 0.3 is 0 Å². The Balaban J connectivity index is 1.71. The first-order valence-electron chi connectivity index (χ1n) is 8.48. The van der Waals surface area contributed by atoms with E-state index in [0.29, 0.717) is 27.9 Å². The molecule has 0 bridgehead atoms. The predicted octanol–water partition coefficient (Wildman–Crippen LogP) is 3.98. The number of benzene rings is 2. The molecular weight excluding hydrogens is 380 g/mol. The molecule has 0 spiro atoms. The molecule has 0 aliphatic carbocycles. The predicted molar refractivity (Wildman–Crippen MR) is 108 cm³/mol. The lowest BCUT2D eigenvalue weighted by molar-refractivity contribution is -0.118. The largest absolute Gasteiger partial charge is 0.493 e. The molecule has 8 heteroatoms. The van der Waals surface area contributed by atoms with Crippen molar-refractivity contribution in [3.8, 4) is 17.2 Å². The third-order valence-electron chi connectivity index (χ3n) is 3.80. The summed E-state index contributed by atoms with van der Waals surface area (Å²) in [4.78, 5) is 16.3. The normalized spacial score (nSPS) is 10.8. The second-order valence-corrected chi connectivity index (χ2v) is 6.19. The van der Waals surface area contributed by atoms with Gasteiger partial charge in [-0.25, -0.2) is 9.67 Å². The van der Waals surface area contributed by atoms with Gasteiger partial charge in [-0.1, -0.05) is 29.8 Å². The minimum absolute atomic E-state index is 0.192. The van der Waals surface area contributed by atoms with Gasteiger partial charge in [-0.15, -0.1) is 0 Å². The van der Waals surface area contributed by atoms with Crippen LogP contribution >= 0.6 is 11.6 Å². The van der Waals surface area contributed by atoms with Crippen LogP contribution in [0.5, 0.6) is 11.5 Å². The second-order valence-electron chi connectivity index (χ2n) is 5.75. The van der Waals surface area contributed by atoms with Crippen LogP contribution in [0, 0.1) is 0 Å². The summed E-state index contributed by atoms with van der Waals surface area (Å²) in [5.41, 5.74) is 2.12. The van der Waals surface area contributed by atoms with Crippen LogP contribution in [0.2, 0.25) is 5.02 Å². The smallest absolute Gasteiger partial charge is 0.262 e. The lowest BCUT2D eigenvalue weighted by Crippen LogP contribution is -2.21. The van der Waals surface area contributed by atoms with Gasteiger partial charge in [0.05, 0.1) is 18.5 Å². The highest BCUT2D eigenvalue weighted by molar-refractivity contribution is 6.31. The summed E-state index contributed by atoms with van der Waals surface area (Å²) in [6, 6.07) is 10.6. The van der Waals surface area contributed by atoms with Gasteiger partial charge in [0.2, 0.25) is 0 Å². The number of carbonyl (C=O) groups excluding carboxylic acids is 1. The van der Waals surface area contributed by atoms with E-state index in [1.165, 1.54) is 17.3 Å². The van der Waals surface area contributed by atoms with Crippen LogP contribution in [-0.4, -0.2) is 34.4 Å². The summed E-state index contributed by atoms with van der Waals surface area (Å²) in [6.45, 7) is 1.74. The first-order valence-corrected chi connectivity index (χ1v) is 8.86. The quantitative estimate of drug-likeness (QED) is 0.651. The van der Waals surface area contributed by atoms with Crippen LogP contribution in [0.4, 0.5) is 5.69 Å². The Morgan fingerprint density at radius 2 is 2.11 bits per heavy atom. The number of nitrogens with zero attached hydrogens (tertiary/aromatic N) is 3. The van der Waals surface area contributed by atoms with E-state index in [1.54, 1.807) is 31.4 Å². The van der Waals surface area contributed by atoms with Gasteiger partial charge in [-0.3, -0.25) is 4.79 Å². The highest BCUT2D eigenvalue weighted by atomic mass is 35.5. The van der Waals surface area contributed by atoms with Crippen LogP contribution in [-0.2, 0) is 4.79 Å². The lowest BCUT2D eigenvalue weighted by atomic mass is 10.2. The second kappa shape index (κ2) is 9.05. The molecule has 0 atom stereocenters. The van der Waals surface area contributed by atoms with Crippen molar-refractivity contribution in [3.05, 3.63) is 65.7 Å². The molecule has 1 N–H and O–H groups in total. The van der Waals surface area contributed by atoms with Gasteiger partial charge in [0.15, 0.2) is 18.1 Å². The van der Waals surface area contributed by atoms with Gasteiger partial charge in [0, 0.05) is 5.02 Å². The van der Waals surface area contributed by atoms with Crippen molar-refractivity contribution in [1.82, 2.24) is 14.8 Å². The molecule has 2 aromatic carbocycles. The summed E-state index contributed by atoms with van der Waals surface area (Å²) in [5.74, 6) is 0.686. The van der Waals surface area contributed by atoms with Crippen LogP contribution in [0.1, 0.15) is 12.5 Å². The number of rotatable bonds is 7. The lowest BCUT2D eigenvalue weighted by Gasteiger charge is -2.13. The zero-order chi connectivity index (χ0) is 19.9. The molecule has 0 aliphatic rings. The van der Waals surface area contributed by atoms with Gasteiger partial charge in [0.1, 0.15) is 12.7 Å². The maximum absolute atomic E-state index is 12.4. The molecule has 1 aromatic heterocycles. The molecule has 144 valence electrons. The summed E-state index contributed by atoms with van der Waals surface area (Å²) >= 11 is 6.06. The van der Waals surface area contributed by atoms with E-state index in [2.05, 4.69) is 15.4 Å². The van der Waals surface area contributed by atoms with Crippen LogP contribution in [0.15, 0.2) is 55.1 Å². The number of allylic oxidation sites excluding steroid dienone is 1. The highest BCUT2D eigenvalue weighted by Gasteiger charge is 2.12. The van der Waals surface area contributed by atoms with Gasteiger partial charge < -0.3 is 14.8 Å². The topological polar surface area (TPSA) is 78.3 Å². The molecule has 0 aliphatic heterocycles. The number of halogens is 1. The van der Waals surface area contributed by atoms with E-state index >= 15 is 0 Å². The first-order chi connectivity index (χ1) is 13.6. The standard InChI is InChI=1S/C20H19ClN4O3/c1-3-4-14-5-8-18(19(9-14)27-2)28-11-20(26)24-16-10-15(21)6-7-17(16)25-13-22-12-23-25/h3-10,12-13H,11H2,1-2H3,(H,24,26)/b4-3+. The van der Waals surface area contributed by atoms with E-state index in [-0.39, 0.29) is 12.5 Å². The van der Waals surface area contributed by atoms with Crippen LogP contribution in [0.3, 0.4) is 0 Å². The molecule has 0 saturated carbocycles. The number of nitrogens with one attached hydrogen (secondary N) is 1. The van der Waals surface area contributed by atoms with Crippen molar-refractivity contribution in [2.24, 2.45) is 0 Å². The van der Waals surface area contributed by atoms with E-state index in [4.69, 9.17) is 21.1 Å². The Labute approximate surface area is 167 Å². The van der Waals surface area contributed by atoms with Crippen molar-refractivity contribution < 1.29 is 14.3 Å². The highest BCUT2D eigenvalue weighted by Crippen LogP contribution is 2.29. The number of aromatic nitrogens is 3. The zero-order valence-corrected chi connectivity index (χ0v) is 16.2. The number of methoxy groups -OCH3 is 1. The summed E-state index contributed by atoms with van der Waals surface area (Å²) < 4.78 is 12.5. The van der Waals surface area contributed by atoms with E-state index in [9.17, 15) is 4.79 Å². The Morgan fingerprint density at radius 3 is 2.82 bits per heavy atom. The van der Waals surface area contributed by atoms with Gasteiger partial charge in [0.25, 0.3) is 5.91 Å². The molecule has 1 amide bonds. The monoisotopic (exact) mass is 398 g/mol. The van der Waals surface area contributed by atoms with Crippen LogP contribution in [0.25, 0.3) is 11.8 Å². The maximum atomic E-state index is 12.4. The molecule has 28 heavy (non-hydrogen) atoms. The fourth-order valence-corrected chi connectivity index (χ4v) is 2.74. The van der Waals surface area contributed by atoms with Gasteiger partial charge in [-0.2, -0.15) is 5.10 Å². The number of ether oxygens (including phenoxy) is 2. The molecule has 3 rings (SSSR count). The molecule has 0 saturated heterocycles. The minimum Gasteiger partial charge on any atom is -0.493 e. The number of amides is 1. The minimum atomic E-state index is -0.344. The molecule has 0 radical (unpaired) electrons. The fourth-order valence-electron chi connectivity index (χ4n) is 2.57. The zero-order valence-electron chi connectivity index (χ0n) is 15.4. The summed E-state index contributed by atoms with van der Waals surface area (Å²) in [7, 11) is 1.55. The number of hydrogen-bond acceptors (Lipinski definition) is 5. The average Bonchev–Trinajstić information content (AvgIpc) is 3.21. The first kappa shape index (κ1) is 19.4. The van der Waals surface area contributed by atoms with Crippen molar-refractivity contribution >= 4 is 29.3 Å². The SMILES string of the molecule is C/C=C/c1ccc(OCC(=O)Nc2cc(Cl)ccc2-n2cncn2)c(OC)c1. The molecular formula is C20H19ClN4O3. The van der Waals surface area contributed by atoms with Crippen molar-refractivity contribution in [1.29, 1.82) is 0 Å². The number of carbonyl (C=O) groups is 1. The Hall–Kier alpha value is -3.32. The molecule has 0 fully saturated rings. The maximum Gasteiger partial charge on any atom is 0.262 e. The third kappa shape index (κ3) is 4.69. The van der Waals surface area contributed by atoms with Crippen molar-refractivity contribution in [2.45, 2.75) is 6.92 Å². The Morgan fingerprint density at radius 1 is 1.25 bits per heavy atom. The third-order valence-corrected chi connectivity index (χ3v) is 4.04. The van der Waals surface area contributed by atoms with Crippen molar-refractivity contribution in [3.63, 3.8) is 0 Å². The van der Waals surface area contributed by atoms with Crippen molar-refractivity contribution in [2.75, 3.05) is 19.0 Å². The van der Waals surface area contributed by atoms with E-state index in [1.807, 2.05) is 31.2 Å². The molecule has 3 aromatic rings. The van der Waals surface area contributed by atoms with E-state index in [0.717, 1.165) is 5.56 Å². The fraction of sp³-hybridized carbons (Fsp3) is 0.150. The summed E-state index contributed by atoms with van der Waals surface area (Å²) in [5, 5.41) is 7.36. The number of anilines is 1. The number of hydrogen-bond donors (Lipinski definition) is 1. The van der Waals surface area contributed by atoms with E-state index < -0.39 is 0 Å². The average molecular weight is 399 g/mol. The van der Waals surface area contributed by atoms with Gasteiger partial charge in [-0.05, 0) is 42.8 Å². The van der Waals surface area contributed by atoms with Crippen LogP contribution < -0.4 is 14.8 Å². The summed E-state index contributed by atoms with van der Waals surface area (Å²) in [6.07, 6.45) is 6.82. The Bertz CT molecular complexity index is 987. The molecule has 0 unspecified atom stereocenters. The molecule has 1 heterocycles.